The third-order valence-corrected chi connectivity index (χ3v) is 4.79. The van der Waals surface area contributed by atoms with Crippen molar-refractivity contribution in [1.29, 1.82) is 0 Å². The quantitative estimate of drug-likeness (QED) is 0.524. The molecule has 0 spiro atoms. The molecule has 0 fully saturated rings. The number of hydrogen-bond acceptors (Lipinski definition) is 4. The van der Waals surface area contributed by atoms with Crippen molar-refractivity contribution in [2.45, 2.75) is 12.5 Å². The van der Waals surface area contributed by atoms with E-state index >= 15 is 0 Å². The minimum atomic E-state index is -1.01. The number of hydrogen-bond donors (Lipinski definition) is 1. The summed E-state index contributed by atoms with van der Waals surface area (Å²) < 4.78 is 9.94. The van der Waals surface area contributed by atoms with Crippen LogP contribution in [0.1, 0.15) is 22.6 Å². The van der Waals surface area contributed by atoms with Gasteiger partial charge in [0.25, 0.3) is 0 Å². The van der Waals surface area contributed by atoms with Crippen LogP contribution < -0.4 is 5.32 Å². The molecular weight excluding hydrogens is 354 g/mol. The third kappa shape index (κ3) is 3.74. The highest BCUT2D eigenvalue weighted by atomic mass is 16.7. The molecular formula is C23H19NO4. The van der Waals surface area contributed by atoms with Crippen molar-refractivity contribution in [3.8, 4) is 11.1 Å². The highest BCUT2D eigenvalue weighted by Crippen LogP contribution is 2.44. The molecule has 0 saturated carbocycles. The summed E-state index contributed by atoms with van der Waals surface area (Å²) in [6, 6.07) is 25.4. The van der Waals surface area contributed by atoms with Crippen molar-refractivity contribution in [2.24, 2.45) is 0 Å². The summed E-state index contributed by atoms with van der Waals surface area (Å²) in [5.74, 6) is -0.0765. The van der Waals surface area contributed by atoms with Gasteiger partial charge in [-0.3, -0.25) is 0 Å². The van der Waals surface area contributed by atoms with Crippen LogP contribution in [0.3, 0.4) is 0 Å². The van der Waals surface area contributed by atoms with Gasteiger partial charge in [0.1, 0.15) is 6.61 Å². The van der Waals surface area contributed by atoms with Crippen LogP contribution in [0.5, 0.6) is 0 Å². The average Bonchev–Trinajstić information content (AvgIpc) is 3.05. The predicted octanol–water partition coefficient (Wildman–Crippen LogP) is 4.86. The van der Waals surface area contributed by atoms with Crippen LogP contribution in [0.4, 0.5) is 9.59 Å². The summed E-state index contributed by atoms with van der Waals surface area (Å²) in [6.07, 6.45) is -1.84. The Hall–Kier alpha value is -3.60. The second-order valence-electron chi connectivity index (χ2n) is 6.52. The maximum absolute atomic E-state index is 11.9. The number of nitrogens with one attached hydrogen (secondary N) is 1. The lowest BCUT2D eigenvalue weighted by Crippen LogP contribution is -2.27. The summed E-state index contributed by atoms with van der Waals surface area (Å²) in [5, 5.41) is 2.53. The zero-order valence-corrected chi connectivity index (χ0v) is 15.1. The summed E-state index contributed by atoms with van der Waals surface area (Å²) in [4.78, 5) is 23.7. The average molecular weight is 373 g/mol. The van der Waals surface area contributed by atoms with Gasteiger partial charge in [0.05, 0.1) is 0 Å². The Morgan fingerprint density at radius 3 is 2.00 bits per heavy atom. The van der Waals surface area contributed by atoms with Crippen LogP contribution in [-0.2, 0) is 16.0 Å². The van der Waals surface area contributed by atoms with Crippen molar-refractivity contribution < 1.29 is 19.1 Å². The first-order chi connectivity index (χ1) is 13.7. The minimum Gasteiger partial charge on any atom is -0.433 e. The number of carbonyl (C=O) groups is 2. The van der Waals surface area contributed by atoms with Gasteiger partial charge in [-0.2, -0.15) is 0 Å². The zero-order chi connectivity index (χ0) is 19.3. The molecule has 5 heteroatoms. The molecule has 1 N–H and O–H groups in total. The summed E-state index contributed by atoms with van der Waals surface area (Å²) >= 11 is 0. The minimum absolute atomic E-state index is 0.0765. The van der Waals surface area contributed by atoms with E-state index in [-0.39, 0.29) is 19.1 Å². The Morgan fingerprint density at radius 2 is 1.36 bits per heavy atom. The Morgan fingerprint density at radius 1 is 0.786 bits per heavy atom. The number of ether oxygens (including phenoxy) is 2. The molecule has 4 rings (SSSR count). The monoisotopic (exact) mass is 373 g/mol. The molecule has 0 heterocycles. The van der Waals surface area contributed by atoms with Gasteiger partial charge in [-0.1, -0.05) is 78.9 Å². The van der Waals surface area contributed by atoms with Crippen LogP contribution in [0.15, 0.2) is 78.9 Å². The smallest absolute Gasteiger partial charge is 0.433 e. The van der Waals surface area contributed by atoms with Gasteiger partial charge in [-0.25, -0.2) is 9.59 Å². The molecule has 0 aliphatic heterocycles. The fraction of sp³-hybridized carbons (Fsp3) is 0.130. The van der Waals surface area contributed by atoms with E-state index < -0.39 is 12.2 Å². The van der Waals surface area contributed by atoms with E-state index in [2.05, 4.69) is 17.4 Å². The van der Waals surface area contributed by atoms with Gasteiger partial charge >= 0.3 is 12.2 Å². The van der Waals surface area contributed by atoms with Gasteiger partial charge in [-0.15, -0.1) is 0 Å². The SMILES string of the molecule is O=C(NCc1ccccc1)OC(=O)OCC1c2ccccc2-c2ccccc21. The Labute approximate surface area is 162 Å². The standard InChI is InChI=1S/C23H19NO4/c25-22(24-14-16-8-2-1-3-9-16)28-23(26)27-15-21-19-12-6-4-10-17(19)18-11-5-7-13-20(18)21/h1-13,21H,14-15H2,(H,24,25). The maximum atomic E-state index is 11.9. The van der Waals surface area contributed by atoms with Gasteiger partial charge in [0.15, 0.2) is 0 Å². The van der Waals surface area contributed by atoms with Gasteiger partial charge in [0, 0.05) is 12.5 Å². The van der Waals surface area contributed by atoms with Crippen LogP contribution >= 0.6 is 0 Å². The molecule has 0 aromatic heterocycles. The number of benzene rings is 3. The van der Waals surface area contributed by atoms with Crippen molar-refractivity contribution in [3.05, 3.63) is 95.6 Å². The van der Waals surface area contributed by atoms with Crippen LogP contribution in [0.2, 0.25) is 0 Å². The number of rotatable bonds is 4. The van der Waals surface area contributed by atoms with E-state index in [1.165, 1.54) is 0 Å². The predicted molar refractivity (Wildman–Crippen MR) is 105 cm³/mol. The fourth-order valence-electron chi connectivity index (χ4n) is 3.50. The van der Waals surface area contributed by atoms with Crippen molar-refractivity contribution >= 4 is 12.2 Å². The number of carbonyl (C=O) groups excluding carboxylic acids is 2. The van der Waals surface area contributed by atoms with E-state index in [9.17, 15) is 9.59 Å². The molecule has 28 heavy (non-hydrogen) atoms. The molecule has 5 nitrogen and oxygen atoms in total. The summed E-state index contributed by atoms with van der Waals surface area (Å²) in [5.41, 5.74) is 5.39. The largest absolute Gasteiger partial charge is 0.517 e. The molecule has 0 radical (unpaired) electrons. The molecule has 1 aliphatic carbocycles. The van der Waals surface area contributed by atoms with E-state index in [4.69, 9.17) is 9.47 Å². The van der Waals surface area contributed by atoms with Crippen molar-refractivity contribution in [2.75, 3.05) is 6.61 Å². The summed E-state index contributed by atoms with van der Waals surface area (Å²) in [6.45, 7) is 0.384. The van der Waals surface area contributed by atoms with Gasteiger partial charge in [0.2, 0.25) is 0 Å². The first-order valence-corrected chi connectivity index (χ1v) is 9.07. The van der Waals surface area contributed by atoms with E-state index in [1.807, 2.05) is 66.7 Å². The summed E-state index contributed by atoms with van der Waals surface area (Å²) in [7, 11) is 0. The second kappa shape index (κ2) is 7.96. The van der Waals surface area contributed by atoms with Crippen molar-refractivity contribution in [3.63, 3.8) is 0 Å². The molecule has 140 valence electrons. The van der Waals surface area contributed by atoms with Crippen LogP contribution in [0, 0.1) is 0 Å². The van der Waals surface area contributed by atoms with Crippen LogP contribution in [-0.4, -0.2) is 18.9 Å². The first-order valence-electron chi connectivity index (χ1n) is 9.07. The Bertz CT molecular complexity index is 955. The lowest BCUT2D eigenvalue weighted by molar-refractivity contribution is 0.0729. The molecule has 1 aliphatic rings. The molecule has 1 amide bonds. The van der Waals surface area contributed by atoms with Gasteiger partial charge < -0.3 is 14.8 Å². The lowest BCUT2D eigenvalue weighted by Gasteiger charge is -2.13. The molecule has 0 atom stereocenters. The number of fused-ring (bicyclic) bond motifs is 3. The zero-order valence-electron chi connectivity index (χ0n) is 15.1. The number of alkyl carbamates (subject to hydrolysis) is 1. The highest BCUT2D eigenvalue weighted by Gasteiger charge is 2.29. The van der Waals surface area contributed by atoms with E-state index in [0.29, 0.717) is 0 Å². The third-order valence-electron chi connectivity index (χ3n) is 4.79. The molecule has 0 saturated heterocycles. The number of amides is 1. The lowest BCUT2D eigenvalue weighted by atomic mass is 9.98. The highest BCUT2D eigenvalue weighted by molar-refractivity contribution is 5.81. The maximum Gasteiger partial charge on any atom is 0.517 e. The Kier molecular flexibility index (Phi) is 5.06. The van der Waals surface area contributed by atoms with E-state index in [1.54, 1.807) is 0 Å². The van der Waals surface area contributed by atoms with Gasteiger partial charge in [-0.05, 0) is 27.8 Å². The first kappa shape index (κ1) is 17.8. The van der Waals surface area contributed by atoms with Crippen LogP contribution in [0.25, 0.3) is 11.1 Å². The topological polar surface area (TPSA) is 64.6 Å². The normalized spacial score (nSPS) is 12.0. The van der Waals surface area contributed by atoms with E-state index in [0.717, 1.165) is 27.8 Å². The molecule has 0 unspecified atom stereocenters. The Balaban J connectivity index is 1.34. The molecule has 0 bridgehead atoms. The molecule has 3 aromatic rings. The fourth-order valence-corrected chi connectivity index (χ4v) is 3.50. The van der Waals surface area contributed by atoms with Crippen molar-refractivity contribution in [1.82, 2.24) is 5.32 Å². The second-order valence-corrected chi connectivity index (χ2v) is 6.52. The molecule has 3 aromatic carbocycles.